The Morgan fingerprint density at radius 1 is 1.40 bits per heavy atom. The molecule has 0 saturated carbocycles. The summed E-state index contributed by atoms with van der Waals surface area (Å²) in [5, 5.41) is 12.4. The van der Waals surface area contributed by atoms with Crippen molar-refractivity contribution in [3.05, 3.63) is 34.9 Å². The fraction of sp³-hybridized carbons (Fsp3) is 0.429. The van der Waals surface area contributed by atoms with E-state index in [2.05, 4.69) is 5.16 Å². The van der Waals surface area contributed by atoms with Gasteiger partial charge in [0.2, 0.25) is 0 Å². The molecule has 3 N–H and O–H groups in total. The molecule has 1 fully saturated rings. The molecule has 0 aromatic heterocycles. The van der Waals surface area contributed by atoms with Crippen molar-refractivity contribution in [3.8, 4) is 0 Å². The second-order valence-electron chi connectivity index (χ2n) is 5.32. The molecule has 0 aliphatic carbocycles. The van der Waals surface area contributed by atoms with Crippen LogP contribution in [0.5, 0.6) is 0 Å². The van der Waals surface area contributed by atoms with Crippen LogP contribution in [0.4, 0.5) is 0 Å². The smallest absolute Gasteiger partial charge is 0.255 e. The molecule has 0 spiro atoms. The lowest BCUT2D eigenvalue weighted by atomic mass is 9.79. The summed E-state index contributed by atoms with van der Waals surface area (Å²) in [5.74, 6) is 0.152. The maximum Gasteiger partial charge on any atom is 0.255 e. The lowest BCUT2D eigenvalue weighted by Crippen LogP contribution is -2.47. The van der Waals surface area contributed by atoms with Gasteiger partial charge >= 0.3 is 0 Å². The van der Waals surface area contributed by atoms with E-state index < -0.39 is 0 Å². The number of nitrogens with zero attached hydrogens (tertiary/aromatic N) is 2. The Balaban J connectivity index is 2.08. The molecule has 0 bridgehead atoms. The number of halogens is 1. The summed E-state index contributed by atoms with van der Waals surface area (Å²) >= 11 is 6.05. The molecule has 20 heavy (non-hydrogen) atoms. The summed E-state index contributed by atoms with van der Waals surface area (Å²) in [6.07, 6.45) is 1.33. The number of likely N-dealkylation sites (tertiary alicyclic amines) is 1. The highest BCUT2D eigenvalue weighted by atomic mass is 35.5. The van der Waals surface area contributed by atoms with E-state index in [1.807, 2.05) is 6.92 Å². The van der Waals surface area contributed by atoms with Gasteiger partial charge in [-0.3, -0.25) is 4.79 Å². The topological polar surface area (TPSA) is 78.9 Å². The van der Waals surface area contributed by atoms with Gasteiger partial charge in [-0.2, -0.15) is 0 Å². The highest BCUT2D eigenvalue weighted by molar-refractivity contribution is 6.33. The van der Waals surface area contributed by atoms with Gasteiger partial charge in [-0.05, 0) is 25.0 Å². The highest BCUT2D eigenvalue weighted by Crippen LogP contribution is 2.32. The third kappa shape index (κ3) is 2.72. The third-order valence-corrected chi connectivity index (χ3v) is 4.31. The van der Waals surface area contributed by atoms with Crippen LogP contribution in [0, 0.1) is 5.41 Å². The monoisotopic (exact) mass is 295 g/mol. The summed E-state index contributed by atoms with van der Waals surface area (Å²) in [4.78, 5) is 14.2. The van der Waals surface area contributed by atoms with Crippen LogP contribution in [0.15, 0.2) is 29.4 Å². The van der Waals surface area contributed by atoms with Gasteiger partial charge in [-0.15, -0.1) is 0 Å². The average Bonchev–Trinajstić information content (AvgIpc) is 2.47. The summed E-state index contributed by atoms with van der Waals surface area (Å²) < 4.78 is 0. The Labute approximate surface area is 123 Å². The van der Waals surface area contributed by atoms with Crippen LogP contribution >= 0.6 is 11.6 Å². The van der Waals surface area contributed by atoms with Crippen molar-refractivity contribution in [2.75, 3.05) is 13.1 Å². The molecule has 108 valence electrons. The van der Waals surface area contributed by atoms with Crippen LogP contribution in [-0.2, 0) is 0 Å². The lowest BCUT2D eigenvalue weighted by Gasteiger charge is -2.38. The van der Waals surface area contributed by atoms with Crippen molar-refractivity contribution in [1.82, 2.24) is 4.90 Å². The van der Waals surface area contributed by atoms with E-state index in [9.17, 15) is 4.79 Å². The SMILES string of the molecule is CC1(/C(N)=N/O)CCN(C(=O)c2ccccc2Cl)CC1. The molecule has 1 aromatic rings. The number of nitrogens with two attached hydrogens (primary N) is 1. The van der Waals surface area contributed by atoms with Gasteiger partial charge in [0.05, 0.1) is 10.6 Å². The molecular formula is C14H18ClN3O2. The minimum absolute atomic E-state index is 0.0721. The second-order valence-corrected chi connectivity index (χ2v) is 5.73. The van der Waals surface area contributed by atoms with Gasteiger partial charge in [0.15, 0.2) is 0 Å². The summed E-state index contributed by atoms with van der Waals surface area (Å²) in [6, 6.07) is 7.02. The van der Waals surface area contributed by atoms with Gasteiger partial charge in [-0.1, -0.05) is 35.8 Å². The fourth-order valence-corrected chi connectivity index (χ4v) is 2.60. The fourth-order valence-electron chi connectivity index (χ4n) is 2.39. The Kier molecular flexibility index (Phi) is 4.18. The quantitative estimate of drug-likeness (QED) is 0.380. The third-order valence-electron chi connectivity index (χ3n) is 3.98. The van der Waals surface area contributed by atoms with Gasteiger partial charge < -0.3 is 15.8 Å². The molecule has 0 atom stereocenters. The van der Waals surface area contributed by atoms with E-state index in [-0.39, 0.29) is 17.2 Å². The number of amidine groups is 1. The van der Waals surface area contributed by atoms with Crippen molar-refractivity contribution >= 4 is 23.3 Å². The van der Waals surface area contributed by atoms with Crippen LogP contribution in [-0.4, -0.2) is 34.9 Å². The highest BCUT2D eigenvalue weighted by Gasteiger charge is 2.36. The first kappa shape index (κ1) is 14.7. The first-order valence-corrected chi connectivity index (χ1v) is 6.87. The minimum Gasteiger partial charge on any atom is -0.409 e. The Morgan fingerprint density at radius 2 is 2.00 bits per heavy atom. The van der Waals surface area contributed by atoms with Gasteiger partial charge in [0.25, 0.3) is 5.91 Å². The largest absolute Gasteiger partial charge is 0.409 e. The Bertz CT molecular complexity index is 537. The van der Waals surface area contributed by atoms with Gasteiger partial charge in [-0.25, -0.2) is 0 Å². The number of piperidine rings is 1. The summed E-state index contributed by atoms with van der Waals surface area (Å²) in [5.41, 5.74) is 5.87. The van der Waals surface area contributed by atoms with Crippen molar-refractivity contribution in [1.29, 1.82) is 0 Å². The molecule has 1 aliphatic heterocycles. The Morgan fingerprint density at radius 3 is 2.55 bits per heavy atom. The molecule has 5 nitrogen and oxygen atoms in total. The maximum absolute atomic E-state index is 12.4. The predicted octanol–water partition coefficient (Wildman–Crippen LogP) is 2.33. The predicted molar refractivity (Wildman–Crippen MR) is 78.1 cm³/mol. The molecule has 0 unspecified atom stereocenters. The number of hydrogen-bond donors (Lipinski definition) is 2. The zero-order valence-corrected chi connectivity index (χ0v) is 12.1. The van der Waals surface area contributed by atoms with Crippen molar-refractivity contribution < 1.29 is 10.0 Å². The molecule has 1 saturated heterocycles. The van der Waals surface area contributed by atoms with Crippen molar-refractivity contribution in [3.63, 3.8) is 0 Å². The molecule has 1 aromatic carbocycles. The van der Waals surface area contributed by atoms with Gasteiger partial charge in [0.1, 0.15) is 5.84 Å². The average molecular weight is 296 g/mol. The summed E-state index contributed by atoms with van der Waals surface area (Å²) in [7, 11) is 0. The molecule has 1 amide bonds. The Hall–Kier alpha value is -1.75. The molecular weight excluding hydrogens is 278 g/mol. The van der Waals surface area contributed by atoms with E-state index in [0.717, 1.165) is 0 Å². The lowest BCUT2D eigenvalue weighted by molar-refractivity contribution is 0.0666. The molecule has 6 heteroatoms. The number of rotatable bonds is 2. The maximum atomic E-state index is 12.4. The van der Waals surface area contributed by atoms with Crippen LogP contribution in [0.3, 0.4) is 0 Å². The van der Waals surface area contributed by atoms with Crippen LogP contribution in [0.25, 0.3) is 0 Å². The zero-order valence-electron chi connectivity index (χ0n) is 11.3. The van der Waals surface area contributed by atoms with Crippen molar-refractivity contribution in [2.45, 2.75) is 19.8 Å². The van der Waals surface area contributed by atoms with Crippen LogP contribution in [0.1, 0.15) is 30.1 Å². The number of benzene rings is 1. The number of oxime groups is 1. The zero-order chi connectivity index (χ0) is 14.8. The first-order chi connectivity index (χ1) is 9.48. The molecule has 1 heterocycles. The van der Waals surface area contributed by atoms with Crippen LogP contribution < -0.4 is 5.73 Å². The number of hydrogen-bond acceptors (Lipinski definition) is 3. The van der Waals surface area contributed by atoms with E-state index in [1.54, 1.807) is 29.2 Å². The molecule has 2 rings (SSSR count). The normalized spacial score (nSPS) is 18.9. The second kappa shape index (κ2) is 5.71. The number of carbonyl (C=O) groups is 1. The van der Waals surface area contributed by atoms with Gasteiger partial charge in [0, 0.05) is 18.5 Å². The van der Waals surface area contributed by atoms with E-state index in [0.29, 0.717) is 36.5 Å². The summed E-state index contributed by atoms with van der Waals surface area (Å²) in [6.45, 7) is 3.08. The van der Waals surface area contributed by atoms with E-state index in [4.69, 9.17) is 22.5 Å². The molecule has 0 radical (unpaired) electrons. The van der Waals surface area contributed by atoms with Crippen LogP contribution in [0.2, 0.25) is 5.02 Å². The van der Waals surface area contributed by atoms with E-state index >= 15 is 0 Å². The molecule has 1 aliphatic rings. The number of amides is 1. The standard InChI is InChI=1S/C14H18ClN3O2/c1-14(13(16)17-20)6-8-18(9-7-14)12(19)10-4-2-3-5-11(10)15/h2-5,20H,6-9H2,1H3,(H2,16,17). The van der Waals surface area contributed by atoms with E-state index in [1.165, 1.54) is 0 Å². The van der Waals surface area contributed by atoms with Crippen molar-refractivity contribution in [2.24, 2.45) is 16.3 Å². The minimum atomic E-state index is -0.355. The number of carbonyl (C=O) groups excluding carboxylic acids is 1. The first-order valence-electron chi connectivity index (χ1n) is 6.50.